The molecule has 1 aliphatic rings. The fraction of sp³-hybridized carbons (Fsp3) is 0.588. The number of aromatic nitrogens is 1. The van der Waals surface area contributed by atoms with Gasteiger partial charge in [-0.05, 0) is 5.41 Å². The smallest absolute Gasteiger partial charge is 0.422 e. The third kappa shape index (κ3) is 5.91. The average molecular weight is 424 g/mol. The van der Waals surface area contributed by atoms with E-state index in [1.807, 2.05) is 0 Å². The molecule has 1 fully saturated rings. The van der Waals surface area contributed by atoms with Crippen LogP contribution in [0.4, 0.5) is 27.6 Å². The second-order valence-corrected chi connectivity index (χ2v) is 7.83. The van der Waals surface area contributed by atoms with E-state index in [-0.39, 0.29) is 11.4 Å². The van der Waals surface area contributed by atoms with Gasteiger partial charge in [-0.3, -0.25) is 9.59 Å². The van der Waals surface area contributed by atoms with Gasteiger partial charge in [0, 0.05) is 6.07 Å². The molecule has 0 radical (unpaired) electrons. The number of hydrogen-bond donors (Lipinski definition) is 2. The van der Waals surface area contributed by atoms with Gasteiger partial charge in [0.05, 0.1) is 25.0 Å². The Labute approximate surface area is 163 Å². The van der Waals surface area contributed by atoms with Crippen molar-refractivity contribution in [3.63, 3.8) is 0 Å². The second-order valence-electron chi connectivity index (χ2n) is 7.83. The minimum atomic E-state index is -4.68. The number of halogens is 5. The van der Waals surface area contributed by atoms with Gasteiger partial charge in [-0.25, -0.2) is 13.8 Å². The first-order valence-electron chi connectivity index (χ1n) is 8.52. The van der Waals surface area contributed by atoms with E-state index in [9.17, 15) is 31.5 Å². The molecule has 1 unspecified atom stereocenters. The van der Waals surface area contributed by atoms with Gasteiger partial charge >= 0.3 is 6.18 Å². The number of ether oxygens (including phenoxy) is 1. The standard InChI is InChI=1S/C17H21F5N4O3/c1-15(2,3)12(13(23)27)25-14(28)9-4-11(29-8-17(20,21)22)10(5-24-9)26-6-16(18,19)7-26/h4-5,12H,6-8H2,1-3H3,(H2,23,27)(H,25,28). The second kappa shape index (κ2) is 7.64. The molecule has 7 nitrogen and oxygen atoms in total. The average Bonchev–Trinajstić information content (AvgIpc) is 2.53. The molecule has 1 saturated heterocycles. The van der Waals surface area contributed by atoms with Gasteiger partial charge in [-0.2, -0.15) is 13.2 Å². The zero-order valence-electron chi connectivity index (χ0n) is 15.9. The third-order valence-electron chi connectivity index (χ3n) is 4.08. The van der Waals surface area contributed by atoms with Gasteiger partial charge < -0.3 is 20.7 Å². The van der Waals surface area contributed by atoms with E-state index in [4.69, 9.17) is 10.5 Å². The van der Waals surface area contributed by atoms with Crippen molar-refractivity contribution < 1.29 is 36.3 Å². The van der Waals surface area contributed by atoms with Crippen LogP contribution >= 0.6 is 0 Å². The monoisotopic (exact) mass is 424 g/mol. The fourth-order valence-corrected chi connectivity index (χ4v) is 2.67. The summed E-state index contributed by atoms with van der Waals surface area (Å²) in [6.45, 7) is 1.86. The molecule has 1 aromatic rings. The van der Waals surface area contributed by atoms with Crippen LogP contribution in [0.5, 0.6) is 5.75 Å². The number of carbonyl (C=O) groups is 2. The van der Waals surface area contributed by atoms with Crippen LogP contribution in [-0.4, -0.2) is 54.6 Å². The number of rotatable bonds is 6. The van der Waals surface area contributed by atoms with E-state index in [0.29, 0.717) is 0 Å². The third-order valence-corrected chi connectivity index (χ3v) is 4.08. The maximum Gasteiger partial charge on any atom is 0.422 e. The molecule has 0 aromatic carbocycles. The molecule has 29 heavy (non-hydrogen) atoms. The molecular formula is C17H21F5N4O3. The Balaban J connectivity index is 2.28. The normalized spacial score (nSPS) is 17.3. The molecule has 0 spiro atoms. The Morgan fingerprint density at radius 2 is 1.90 bits per heavy atom. The molecule has 0 aliphatic carbocycles. The Kier molecular flexibility index (Phi) is 5.96. The quantitative estimate of drug-likeness (QED) is 0.682. The SMILES string of the molecule is CC(C)(C)C(NC(=O)c1cc(OCC(F)(F)F)c(N2CC(F)(F)C2)cn1)C(N)=O. The lowest BCUT2D eigenvalue weighted by molar-refractivity contribution is -0.153. The summed E-state index contributed by atoms with van der Waals surface area (Å²) in [5.74, 6) is -5.08. The summed E-state index contributed by atoms with van der Waals surface area (Å²) in [6.07, 6.45) is -3.70. The van der Waals surface area contributed by atoms with Crippen molar-refractivity contribution in [1.82, 2.24) is 10.3 Å². The fourth-order valence-electron chi connectivity index (χ4n) is 2.67. The number of alkyl halides is 5. The maximum absolute atomic E-state index is 13.1. The largest absolute Gasteiger partial charge is 0.482 e. The maximum atomic E-state index is 13.1. The first kappa shape index (κ1) is 22.6. The van der Waals surface area contributed by atoms with Crippen LogP contribution in [-0.2, 0) is 4.79 Å². The summed E-state index contributed by atoms with van der Waals surface area (Å²) in [6, 6.07) is -0.168. The Morgan fingerprint density at radius 3 is 2.34 bits per heavy atom. The lowest BCUT2D eigenvalue weighted by Crippen LogP contribution is -2.56. The van der Waals surface area contributed by atoms with Gasteiger partial charge in [0.25, 0.3) is 11.8 Å². The Bertz CT molecular complexity index is 784. The predicted molar refractivity (Wildman–Crippen MR) is 92.9 cm³/mol. The first-order chi connectivity index (χ1) is 13.1. The molecule has 3 N–H and O–H groups in total. The molecule has 1 atom stereocenters. The molecule has 0 bridgehead atoms. The summed E-state index contributed by atoms with van der Waals surface area (Å²) in [5.41, 5.74) is 4.10. The van der Waals surface area contributed by atoms with Crippen molar-refractivity contribution in [2.45, 2.75) is 38.9 Å². The van der Waals surface area contributed by atoms with Crippen LogP contribution in [0.25, 0.3) is 0 Å². The summed E-state index contributed by atoms with van der Waals surface area (Å²) < 4.78 is 68.6. The van der Waals surface area contributed by atoms with E-state index in [1.165, 1.54) is 0 Å². The van der Waals surface area contributed by atoms with Crippen LogP contribution in [0.3, 0.4) is 0 Å². The molecule has 1 aliphatic heterocycles. The zero-order chi connectivity index (χ0) is 22.2. The number of primary amides is 1. The van der Waals surface area contributed by atoms with E-state index in [0.717, 1.165) is 17.2 Å². The minimum Gasteiger partial charge on any atom is -0.482 e. The summed E-state index contributed by atoms with van der Waals surface area (Å²) in [5, 5.41) is 2.37. The molecule has 2 heterocycles. The highest BCUT2D eigenvalue weighted by Crippen LogP contribution is 2.37. The van der Waals surface area contributed by atoms with Gasteiger partial charge in [-0.1, -0.05) is 20.8 Å². The van der Waals surface area contributed by atoms with E-state index >= 15 is 0 Å². The Morgan fingerprint density at radius 1 is 1.31 bits per heavy atom. The van der Waals surface area contributed by atoms with Crippen molar-refractivity contribution in [1.29, 1.82) is 0 Å². The molecule has 1 aromatic heterocycles. The van der Waals surface area contributed by atoms with Gasteiger partial charge in [0.1, 0.15) is 17.5 Å². The topological polar surface area (TPSA) is 97.6 Å². The number of pyridine rings is 1. The van der Waals surface area contributed by atoms with Crippen molar-refractivity contribution in [3.8, 4) is 5.75 Å². The number of nitrogens with one attached hydrogen (secondary N) is 1. The predicted octanol–water partition coefficient (Wildman–Crippen LogP) is 2.11. The van der Waals surface area contributed by atoms with E-state index in [1.54, 1.807) is 20.8 Å². The van der Waals surface area contributed by atoms with Gasteiger partial charge in [0.2, 0.25) is 5.91 Å². The summed E-state index contributed by atoms with van der Waals surface area (Å²) in [7, 11) is 0. The first-order valence-corrected chi connectivity index (χ1v) is 8.52. The summed E-state index contributed by atoms with van der Waals surface area (Å²) >= 11 is 0. The number of nitrogens with two attached hydrogens (primary N) is 1. The minimum absolute atomic E-state index is 0.0982. The molecule has 2 rings (SSSR count). The van der Waals surface area contributed by atoms with E-state index < -0.39 is 60.8 Å². The van der Waals surface area contributed by atoms with Gasteiger partial charge in [-0.15, -0.1) is 0 Å². The van der Waals surface area contributed by atoms with Crippen LogP contribution in [0, 0.1) is 5.41 Å². The number of nitrogens with zero attached hydrogens (tertiary/aromatic N) is 2. The number of hydrogen-bond acceptors (Lipinski definition) is 5. The number of carbonyl (C=O) groups excluding carboxylic acids is 2. The highest BCUT2D eigenvalue weighted by molar-refractivity contribution is 5.96. The van der Waals surface area contributed by atoms with Crippen LogP contribution in [0.2, 0.25) is 0 Å². The van der Waals surface area contributed by atoms with Crippen molar-refractivity contribution in [2.75, 3.05) is 24.6 Å². The lowest BCUT2D eigenvalue weighted by atomic mass is 9.86. The summed E-state index contributed by atoms with van der Waals surface area (Å²) in [4.78, 5) is 28.9. The van der Waals surface area contributed by atoms with Gasteiger partial charge in [0.15, 0.2) is 6.61 Å². The molecular weight excluding hydrogens is 403 g/mol. The molecule has 162 valence electrons. The number of anilines is 1. The number of amides is 2. The molecule has 2 amide bonds. The molecule has 0 saturated carbocycles. The van der Waals surface area contributed by atoms with Crippen molar-refractivity contribution in [2.24, 2.45) is 11.1 Å². The van der Waals surface area contributed by atoms with E-state index in [2.05, 4.69) is 10.3 Å². The lowest BCUT2D eigenvalue weighted by Gasteiger charge is -2.40. The highest BCUT2D eigenvalue weighted by Gasteiger charge is 2.45. The van der Waals surface area contributed by atoms with Crippen LogP contribution in [0.1, 0.15) is 31.3 Å². The van der Waals surface area contributed by atoms with Crippen molar-refractivity contribution >= 4 is 17.5 Å². The van der Waals surface area contributed by atoms with Crippen LogP contribution < -0.4 is 20.7 Å². The molecule has 12 heteroatoms. The zero-order valence-corrected chi connectivity index (χ0v) is 15.9. The van der Waals surface area contributed by atoms with Crippen LogP contribution in [0.15, 0.2) is 12.3 Å². The highest BCUT2D eigenvalue weighted by atomic mass is 19.4. The van der Waals surface area contributed by atoms with Crippen molar-refractivity contribution in [3.05, 3.63) is 18.0 Å². The Hall–Kier alpha value is -2.66.